The van der Waals surface area contributed by atoms with Crippen LogP contribution in [0.1, 0.15) is 42.6 Å². The van der Waals surface area contributed by atoms with Gasteiger partial charge in [0.2, 0.25) is 0 Å². The van der Waals surface area contributed by atoms with Crippen LogP contribution in [0.5, 0.6) is 0 Å². The topological polar surface area (TPSA) is 40.5 Å². The van der Waals surface area contributed by atoms with Crippen molar-refractivity contribution in [3.63, 3.8) is 0 Å². The third kappa shape index (κ3) is 3.88. The Labute approximate surface area is 116 Å². The monoisotopic (exact) mass is 289 g/mol. The van der Waals surface area contributed by atoms with Crippen LogP contribution in [0.4, 0.5) is 18.9 Å². The molecule has 0 heterocycles. The molecule has 1 aromatic carbocycles. The van der Waals surface area contributed by atoms with Gasteiger partial charge in [0.25, 0.3) is 0 Å². The molecule has 1 rings (SSSR count). The zero-order valence-corrected chi connectivity index (χ0v) is 11.5. The van der Waals surface area contributed by atoms with Crippen LogP contribution in [0.15, 0.2) is 18.2 Å². The maximum absolute atomic E-state index is 12.7. The minimum atomic E-state index is -4.54. The van der Waals surface area contributed by atoms with E-state index in [1.807, 2.05) is 18.7 Å². The number of carboxylic acids is 1. The maximum Gasteiger partial charge on any atom is 0.416 e. The first-order valence-electron chi connectivity index (χ1n) is 6.50. The summed E-state index contributed by atoms with van der Waals surface area (Å²) in [6.07, 6.45) is -2.96. The molecule has 0 amide bonds. The molecule has 3 nitrogen and oxygen atoms in total. The van der Waals surface area contributed by atoms with Crippen LogP contribution in [0.3, 0.4) is 0 Å². The van der Waals surface area contributed by atoms with Crippen LogP contribution >= 0.6 is 0 Å². The number of rotatable bonds is 6. The zero-order valence-electron chi connectivity index (χ0n) is 11.5. The number of carboxylic acid groups (broad SMARTS) is 1. The average Bonchev–Trinajstić information content (AvgIpc) is 2.36. The van der Waals surface area contributed by atoms with Crippen molar-refractivity contribution in [3.8, 4) is 0 Å². The molecular weight excluding hydrogens is 271 g/mol. The lowest BCUT2D eigenvalue weighted by Crippen LogP contribution is -2.27. The molecule has 0 aliphatic heterocycles. The number of anilines is 1. The van der Waals surface area contributed by atoms with Crippen molar-refractivity contribution < 1.29 is 23.1 Å². The van der Waals surface area contributed by atoms with Gasteiger partial charge in [-0.3, -0.25) is 0 Å². The van der Waals surface area contributed by atoms with Gasteiger partial charge in [0, 0.05) is 13.1 Å². The zero-order chi connectivity index (χ0) is 15.3. The van der Waals surface area contributed by atoms with E-state index in [0.29, 0.717) is 24.8 Å². The van der Waals surface area contributed by atoms with Crippen molar-refractivity contribution in [2.45, 2.75) is 32.9 Å². The number of hydrogen-bond acceptors (Lipinski definition) is 2. The van der Waals surface area contributed by atoms with E-state index in [0.717, 1.165) is 18.9 Å². The lowest BCUT2D eigenvalue weighted by Gasteiger charge is -2.26. The lowest BCUT2D eigenvalue weighted by atomic mass is 10.1. The Morgan fingerprint density at radius 2 is 1.75 bits per heavy atom. The molecule has 0 aromatic heterocycles. The number of carbonyl (C=O) groups is 1. The molecule has 0 fully saturated rings. The number of halogens is 3. The van der Waals surface area contributed by atoms with Crippen LogP contribution in [0, 0.1) is 0 Å². The first-order chi connectivity index (χ1) is 9.31. The van der Waals surface area contributed by atoms with E-state index in [2.05, 4.69) is 0 Å². The molecule has 0 saturated heterocycles. The summed E-state index contributed by atoms with van der Waals surface area (Å²) in [5.74, 6) is -1.34. The van der Waals surface area contributed by atoms with Gasteiger partial charge in [-0.05, 0) is 31.0 Å². The molecule has 1 N–H and O–H groups in total. The summed E-state index contributed by atoms with van der Waals surface area (Å²) >= 11 is 0. The highest BCUT2D eigenvalue weighted by atomic mass is 19.4. The van der Waals surface area contributed by atoms with Gasteiger partial charge in [0.15, 0.2) is 0 Å². The van der Waals surface area contributed by atoms with Crippen LogP contribution < -0.4 is 4.90 Å². The third-order valence-electron chi connectivity index (χ3n) is 2.88. The van der Waals surface area contributed by atoms with Gasteiger partial charge in [-0.1, -0.05) is 13.8 Å². The van der Waals surface area contributed by atoms with E-state index in [9.17, 15) is 18.0 Å². The summed E-state index contributed by atoms with van der Waals surface area (Å²) in [4.78, 5) is 13.0. The Morgan fingerprint density at radius 3 is 2.15 bits per heavy atom. The third-order valence-corrected chi connectivity index (χ3v) is 2.88. The second kappa shape index (κ2) is 6.63. The van der Waals surface area contributed by atoms with Gasteiger partial charge in [0.1, 0.15) is 0 Å². The quantitative estimate of drug-likeness (QED) is 0.859. The van der Waals surface area contributed by atoms with Gasteiger partial charge in [-0.25, -0.2) is 4.79 Å². The number of nitrogens with zero attached hydrogens (tertiary/aromatic N) is 1. The Kier molecular flexibility index (Phi) is 5.42. The highest BCUT2D eigenvalue weighted by Gasteiger charge is 2.32. The molecule has 0 spiro atoms. The standard InChI is InChI=1S/C14H18F3NO2/c1-3-7-18(8-4-2)12-6-5-10(14(15,16)17)9-11(12)13(19)20/h5-6,9H,3-4,7-8H2,1-2H3,(H,19,20). The van der Waals surface area contributed by atoms with Crippen molar-refractivity contribution in [1.29, 1.82) is 0 Å². The van der Waals surface area contributed by atoms with Gasteiger partial charge < -0.3 is 10.0 Å². The van der Waals surface area contributed by atoms with Crippen LogP contribution in [0.2, 0.25) is 0 Å². The van der Waals surface area contributed by atoms with Gasteiger partial charge >= 0.3 is 12.1 Å². The first kappa shape index (κ1) is 16.3. The second-order valence-corrected chi connectivity index (χ2v) is 4.52. The van der Waals surface area contributed by atoms with E-state index < -0.39 is 17.7 Å². The second-order valence-electron chi connectivity index (χ2n) is 4.52. The Bertz CT molecular complexity index is 466. The molecule has 20 heavy (non-hydrogen) atoms. The van der Waals surface area contributed by atoms with Gasteiger partial charge in [-0.2, -0.15) is 13.2 Å². The highest BCUT2D eigenvalue weighted by molar-refractivity contribution is 5.94. The average molecular weight is 289 g/mol. The molecule has 0 unspecified atom stereocenters. The van der Waals surface area contributed by atoms with Crippen molar-refractivity contribution in [2.24, 2.45) is 0 Å². The molecule has 0 saturated carbocycles. The fourth-order valence-electron chi connectivity index (χ4n) is 2.05. The summed E-state index contributed by atoms with van der Waals surface area (Å²) in [7, 11) is 0. The summed E-state index contributed by atoms with van der Waals surface area (Å²) in [6.45, 7) is 5.10. The van der Waals surface area contributed by atoms with Crippen molar-refractivity contribution >= 4 is 11.7 Å². The van der Waals surface area contributed by atoms with Crippen molar-refractivity contribution in [2.75, 3.05) is 18.0 Å². The fourth-order valence-corrected chi connectivity index (χ4v) is 2.05. The number of hydrogen-bond donors (Lipinski definition) is 1. The molecule has 112 valence electrons. The largest absolute Gasteiger partial charge is 0.478 e. The summed E-state index contributed by atoms with van der Waals surface area (Å²) in [5.41, 5.74) is -0.900. The van der Waals surface area contributed by atoms with E-state index in [1.165, 1.54) is 6.07 Å². The molecule has 6 heteroatoms. The molecule has 0 aliphatic carbocycles. The molecule has 0 bridgehead atoms. The van der Waals surface area contributed by atoms with Crippen molar-refractivity contribution in [1.82, 2.24) is 0 Å². The summed E-state index contributed by atoms with van der Waals surface area (Å²) in [6, 6.07) is 2.88. The summed E-state index contributed by atoms with van der Waals surface area (Å²) in [5, 5.41) is 9.15. The van der Waals surface area contributed by atoms with Crippen LogP contribution in [-0.2, 0) is 6.18 Å². The van der Waals surface area contributed by atoms with E-state index in [4.69, 9.17) is 5.11 Å². The van der Waals surface area contributed by atoms with E-state index in [-0.39, 0.29) is 5.56 Å². The number of alkyl halides is 3. The Morgan fingerprint density at radius 1 is 1.20 bits per heavy atom. The summed E-state index contributed by atoms with van der Waals surface area (Å²) < 4.78 is 38.0. The molecule has 0 radical (unpaired) electrons. The molecule has 0 atom stereocenters. The SMILES string of the molecule is CCCN(CCC)c1ccc(C(F)(F)F)cc1C(=O)O. The molecular formula is C14H18F3NO2. The predicted molar refractivity (Wildman–Crippen MR) is 71.2 cm³/mol. The number of aromatic carboxylic acids is 1. The van der Waals surface area contributed by atoms with E-state index in [1.54, 1.807) is 0 Å². The van der Waals surface area contributed by atoms with Crippen LogP contribution in [-0.4, -0.2) is 24.2 Å². The van der Waals surface area contributed by atoms with Gasteiger partial charge in [-0.15, -0.1) is 0 Å². The minimum absolute atomic E-state index is 0.304. The first-order valence-corrected chi connectivity index (χ1v) is 6.50. The normalized spacial score (nSPS) is 11.4. The number of benzene rings is 1. The Balaban J connectivity index is 3.28. The fraction of sp³-hybridized carbons (Fsp3) is 0.500. The smallest absolute Gasteiger partial charge is 0.416 e. The van der Waals surface area contributed by atoms with Crippen molar-refractivity contribution in [3.05, 3.63) is 29.3 Å². The minimum Gasteiger partial charge on any atom is -0.478 e. The van der Waals surface area contributed by atoms with Crippen LogP contribution in [0.25, 0.3) is 0 Å². The highest BCUT2D eigenvalue weighted by Crippen LogP contribution is 2.33. The Hall–Kier alpha value is -1.72. The predicted octanol–water partition coefficient (Wildman–Crippen LogP) is 4.03. The molecule has 0 aliphatic rings. The maximum atomic E-state index is 12.7. The van der Waals surface area contributed by atoms with E-state index >= 15 is 0 Å². The molecule has 1 aromatic rings. The van der Waals surface area contributed by atoms with Gasteiger partial charge in [0.05, 0.1) is 16.8 Å². The lowest BCUT2D eigenvalue weighted by molar-refractivity contribution is -0.137.